The Morgan fingerprint density at radius 2 is 2.11 bits per heavy atom. The summed E-state index contributed by atoms with van der Waals surface area (Å²) in [6.45, 7) is 0. The summed E-state index contributed by atoms with van der Waals surface area (Å²) in [6.07, 6.45) is 3.05. The van der Waals surface area contributed by atoms with Gasteiger partial charge in [-0.2, -0.15) is 0 Å². The van der Waals surface area contributed by atoms with Crippen molar-refractivity contribution in [2.24, 2.45) is 4.99 Å². The van der Waals surface area contributed by atoms with Gasteiger partial charge in [-0.25, -0.2) is 9.79 Å². The molecule has 0 aliphatic carbocycles. The lowest BCUT2D eigenvalue weighted by Crippen LogP contribution is -2.05. The van der Waals surface area contributed by atoms with Crippen LogP contribution in [0.2, 0.25) is 5.02 Å². The zero-order valence-corrected chi connectivity index (χ0v) is 10.4. The van der Waals surface area contributed by atoms with Crippen LogP contribution in [0.4, 0.5) is 0 Å². The normalized spacial score (nSPS) is 16.6. The smallest absolute Gasteiger partial charge is 0.363 e. The number of aliphatic imine (C=N–C) groups is 1. The Morgan fingerprint density at radius 1 is 1.21 bits per heavy atom. The SMILES string of the molecule is O=C1OC(c2cccc(Cl)c2)=N/C1=C\c1ccco1. The van der Waals surface area contributed by atoms with Gasteiger partial charge in [-0.05, 0) is 30.3 Å². The lowest BCUT2D eigenvalue weighted by Gasteiger charge is -1.98. The van der Waals surface area contributed by atoms with Gasteiger partial charge in [-0.15, -0.1) is 0 Å². The molecule has 4 nitrogen and oxygen atoms in total. The van der Waals surface area contributed by atoms with E-state index in [4.69, 9.17) is 20.8 Å². The standard InChI is InChI=1S/C14H8ClNO3/c15-10-4-1-3-9(7-10)13-16-12(14(17)19-13)8-11-5-2-6-18-11/h1-8H/b12-8-. The molecule has 94 valence electrons. The van der Waals surface area contributed by atoms with Crippen LogP contribution in [-0.2, 0) is 9.53 Å². The number of furan rings is 1. The Hall–Kier alpha value is -2.33. The largest absolute Gasteiger partial charge is 0.465 e. The van der Waals surface area contributed by atoms with E-state index in [1.54, 1.807) is 36.4 Å². The third-order valence-corrected chi connectivity index (χ3v) is 2.75. The number of esters is 1. The van der Waals surface area contributed by atoms with Gasteiger partial charge in [0.25, 0.3) is 0 Å². The van der Waals surface area contributed by atoms with Gasteiger partial charge in [0.15, 0.2) is 5.70 Å². The zero-order valence-electron chi connectivity index (χ0n) is 9.67. The molecule has 0 unspecified atom stereocenters. The second-order valence-electron chi connectivity index (χ2n) is 3.86. The molecule has 3 rings (SSSR count). The maximum Gasteiger partial charge on any atom is 0.363 e. The number of nitrogens with zero attached hydrogens (tertiary/aromatic N) is 1. The molecule has 0 bridgehead atoms. The predicted molar refractivity (Wildman–Crippen MR) is 70.8 cm³/mol. The molecule has 1 aromatic carbocycles. The van der Waals surface area contributed by atoms with Crippen LogP contribution in [-0.4, -0.2) is 11.9 Å². The molecule has 0 amide bonds. The van der Waals surface area contributed by atoms with Crippen LogP contribution >= 0.6 is 11.6 Å². The fourth-order valence-corrected chi connectivity index (χ4v) is 1.85. The van der Waals surface area contributed by atoms with Gasteiger partial charge in [0, 0.05) is 16.7 Å². The van der Waals surface area contributed by atoms with Gasteiger partial charge < -0.3 is 9.15 Å². The van der Waals surface area contributed by atoms with E-state index < -0.39 is 5.97 Å². The minimum Gasteiger partial charge on any atom is -0.465 e. The molecule has 0 spiro atoms. The van der Waals surface area contributed by atoms with Gasteiger partial charge in [0.05, 0.1) is 6.26 Å². The van der Waals surface area contributed by atoms with Crippen LogP contribution in [0.5, 0.6) is 0 Å². The molecule has 0 atom stereocenters. The van der Waals surface area contributed by atoms with E-state index in [-0.39, 0.29) is 11.6 Å². The van der Waals surface area contributed by atoms with Crippen LogP contribution in [0, 0.1) is 0 Å². The van der Waals surface area contributed by atoms with Gasteiger partial charge in [-0.1, -0.05) is 17.7 Å². The van der Waals surface area contributed by atoms with Crippen molar-refractivity contribution in [1.82, 2.24) is 0 Å². The topological polar surface area (TPSA) is 51.8 Å². The Bertz CT molecular complexity index is 686. The van der Waals surface area contributed by atoms with Gasteiger partial charge in [0.2, 0.25) is 5.90 Å². The zero-order chi connectivity index (χ0) is 13.2. The molecule has 2 aromatic rings. The fraction of sp³-hybridized carbons (Fsp3) is 0. The molecule has 2 heterocycles. The summed E-state index contributed by atoms with van der Waals surface area (Å²) in [7, 11) is 0. The summed E-state index contributed by atoms with van der Waals surface area (Å²) in [5.41, 5.74) is 0.855. The van der Waals surface area contributed by atoms with Gasteiger partial charge in [0.1, 0.15) is 5.76 Å². The molecule has 0 radical (unpaired) electrons. The van der Waals surface area contributed by atoms with E-state index >= 15 is 0 Å². The molecule has 19 heavy (non-hydrogen) atoms. The van der Waals surface area contributed by atoms with Crippen LogP contribution in [0.3, 0.4) is 0 Å². The number of halogens is 1. The first-order valence-electron chi connectivity index (χ1n) is 5.54. The number of rotatable bonds is 2. The molecular weight excluding hydrogens is 266 g/mol. The summed E-state index contributed by atoms with van der Waals surface area (Å²) in [4.78, 5) is 15.8. The highest BCUT2D eigenvalue weighted by atomic mass is 35.5. The van der Waals surface area contributed by atoms with Crippen molar-refractivity contribution >= 4 is 29.5 Å². The molecule has 0 fully saturated rings. The highest BCUT2D eigenvalue weighted by Gasteiger charge is 2.24. The monoisotopic (exact) mass is 273 g/mol. The number of ether oxygens (including phenoxy) is 1. The number of carbonyl (C=O) groups excluding carboxylic acids is 1. The third kappa shape index (κ3) is 2.44. The van der Waals surface area contributed by atoms with E-state index in [0.717, 1.165) is 0 Å². The third-order valence-electron chi connectivity index (χ3n) is 2.51. The Kier molecular flexibility index (Phi) is 2.93. The van der Waals surface area contributed by atoms with E-state index in [1.165, 1.54) is 12.3 Å². The summed E-state index contributed by atoms with van der Waals surface area (Å²) < 4.78 is 10.2. The molecule has 1 aliphatic rings. The second-order valence-corrected chi connectivity index (χ2v) is 4.30. The molecule has 0 saturated heterocycles. The Balaban J connectivity index is 1.95. The van der Waals surface area contributed by atoms with E-state index in [0.29, 0.717) is 16.3 Å². The summed E-state index contributed by atoms with van der Waals surface area (Å²) in [5, 5.41) is 0.555. The quantitative estimate of drug-likeness (QED) is 0.623. The molecule has 0 saturated carbocycles. The summed E-state index contributed by atoms with van der Waals surface area (Å²) in [6, 6.07) is 10.4. The molecule has 5 heteroatoms. The number of hydrogen-bond acceptors (Lipinski definition) is 4. The fourth-order valence-electron chi connectivity index (χ4n) is 1.66. The van der Waals surface area contributed by atoms with Crippen molar-refractivity contribution in [3.05, 3.63) is 64.7 Å². The van der Waals surface area contributed by atoms with Crippen LogP contribution in [0.15, 0.2) is 57.8 Å². The lowest BCUT2D eigenvalue weighted by atomic mass is 10.2. The van der Waals surface area contributed by atoms with Crippen LogP contribution in [0.25, 0.3) is 6.08 Å². The maximum atomic E-state index is 11.7. The van der Waals surface area contributed by atoms with E-state index in [1.807, 2.05) is 0 Å². The molecule has 0 N–H and O–H groups in total. The van der Waals surface area contributed by atoms with Gasteiger partial charge in [-0.3, -0.25) is 0 Å². The van der Waals surface area contributed by atoms with Gasteiger partial charge >= 0.3 is 5.97 Å². The average Bonchev–Trinajstić information content (AvgIpc) is 3.01. The summed E-state index contributed by atoms with van der Waals surface area (Å²) >= 11 is 5.89. The first-order chi connectivity index (χ1) is 9.22. The lowest BCUT2D eigenvalue weighted by molar-refractivity contribution is -0.129. The number of cyclic esters (lactones) is 1. The maximum absolute atomic E-state index is 11.7. The highest BCUT2D eigenvalue weighted by Crippen LogP contribution is 2.20. The van der Waals surface area contributed by atoms with E-state index in [2.05, 4.69) is 4.99 Å². The Morgan fingerprint density at radius 3 is 2.84 bits per heavy atom. The van der Waals surface area contributed by atoms with E-state index in [9.17, 15) is 4.79 Å². The van der Waals surface area contributed by atoms with Crippen molar-refractivity contribution < 1.29 is 13.9 Å². The predicted octanol–water partition coefficient (Wildman–Crippen LogP) is 3.28. The van der Waals surface area contributed by atoms with Crippen LogP contribution in [0.1, 0.15) is 11.3 Å². The first kappa shape index (κ1) is 11.7. The minimum atomic E-state index is -0.508. The average molecular weight is 274 g/mol. The number of carbonyl (C=O) groups is 1. The number of hydrogen-bond donors (Lipinski definition) is 0. The summed E-state index contributed by atoms with van der Waals surface area (Å²) in [5.74, 6) is 0.278. The van der Waals surface area contributed by atoms with Crippen molar-refractivity contribution in [3.8, 4) is 0 Å². The van der Waals surface area contributed by atoms with Crippen molar-refractivity contribution in [1.29, 1.82) is 0 Å². The van der Waals surface area contributed by atoms with Crippen molar-refractivity contribution in [2.45, 2.75) is 0 Å². The molecular formula is C14H8ClNO3. The van der Waals surface area contributed by atoms with Crippen molar-refractivity contribution in [2.75, 3.05) is 0 Å². The Labute approximate surface area is 114 Å². The number of benzene rings is 1. The highest BCUT2D eigenvalue weighted by molar-refractivity contribution is 6.31. The second kappa shape index (κ2) is 4.74. The minimum absolute atomic E-state index is 0.199. The van der Waals surface area contributed by atoms with Crippen molar-refractivity contribution in [3.63, 3.8) is 0 Å². The first-order valence-corrected chi connectivity index (χ1v) is 5.92. The molecule has 1 aromatic heterocycles. The van der Waals surface area contributed by atoms with Crippen LogP contribution < -0.4 is 0 Å². The molecule has 1 aliphatic heterocycles.